The Kier molecular flexibility index (Phi) is 36.8. The van der Waals surface area contributed by atoms with Gasteiger partial charge in [-0.25, -0.2) is 0 Å². The Labute approximate surface area is 314 Å². The zero-order chi connectivity index (χ0) is 37.6. The second kappa shape index (κ2) is 38.0. The Hall–Kier alpha value is -1.71. The maximum absolute atomic E-state index is 12.7. The van der Waals surface area contributed by atoms with Crippen LogP contribution in [0.2, 0.25) is 0 Å². The molecule has 0 aromatic heterocycles. The Balaban J connectivity index is 4.42. The average molecular weight is 726 g/mol. The van der Waals surface area contributed by atoms with E-state index in [-0.39, 0.29) is 49.9 Å². The maximum atomic E-state index is 12.7. The molecule has 0 radical (unpaired) electrons. The van der Waals surface area contributed by atoms with E-state index < -0.39 is 11.9 Å². The fourth-order valence-electron chi connectivity index (χ4n) is 6.15. The summed E-state index contributed by atoms with van der Waals surface area (Å²) in [6.45, 7) is 10.7. The van der Waals surface area contributed by atoms with Gasteiger partial charge in [0.05, 0.1) is 25.4 Å². The molecule has 0 heterocycles. The van der Waals surface area contributed by atoms with E-state index >= 15 is 0 Å². The summed E-state index contributed by atoms with van der Waals surface area (Å²) in [5, 5.41) is 5.57. The van der Waals surface area contributed by atoms with Crippen LogP contribution < -0.4 is 16.4 Å². The predicted octanol–water partition coefficient (Wildman–Crippen LogP) is 9.47. The summed E-state index contributed by atoms with van der Waals surface area (Å²) in [6.07, 6.45) is 31.4. The second-order valence-corrected chi connectivity index (χ2v) is 14.9. The van der Waals surface area contributed by atoms with Crippen LogP contribution in [0.5, 0.6) is 0 Å². The topological polar surface area (TPSA) is 129 Å². The number of ether oxygens (including phenoxy) is 3. The average Bonchev–Trinajstić information content (AvgIpc) is 3.10. The van der Waals surface area contributed by atoms with Gasteiger partial charge in [-0.15, -0.1) is 0 Å². The van der Waals surface area contributed by atoms with Gasteiger partial charge in [0.25, 0.3) is 0 Å². The lowest BCUT2D eigenvalue weighted by Gasteiger charge is -2.20. The Bertz CT molecular complexity index is 797. The summed E-state index contributed by atoms with van der Waals surface area (Å²) < 4.78 is 17.6. The molecule has 0 bridgehead atoms. The minimum atomic E-state index is -0.904. The molecule has 0 saturated carbocycles. The highest BCUT2D eigenvalue weighted by Crippen LogP contribution is 2.14. The molecule has 0 spiro atoms. The smallest absolute Gasteiger partial charge is 0.240 e. The zero-order valence-corrected chi connectivity index (χ0v) is 33.9. The van der Waals surface area contributed by atoms with Crippen LogP contribution in [0.3, 0.4) is 0 Å². The summed E-state index contributed by atoms with van der Waals surface area (Å²) in [4.78, 5) is 36.8. The number of unbranched alkanes of at least 4 members (excludes halogenated alkanes) is 22. The molecular formula is C42H83N3O6. The molecule has 0 aliphatic carbocycles. The third kappa shape index (κ3) is 36.4. The quantitative estimate of drug-likeness (QED) is 0.0540. The molecule has 0 fully saturated rings. The van der Waals surface area contributed by atoms with Crippen molar-refractivity contribution in [3.8, 4) is 0 Å². The van der Waals surface area contributed by atoms with Crippen LogP contribution in [-0.4, -0.2) is 68.9 Å². The standard InChI is InChI=1S/C42H83N3O6/c1-5-7-9-11-13-15-17-19-21-23-25-27-32-49-36-38(51-33-28-26-24-22-20-18-16-14-12-10-8-6-2)35-44-40(46)30-29-39(42(43)48)45-41(47)31-34-50-37(3)4/h37-39H,5-36H2,1-4H3,(H2,43,48)(H,44,46)(H,45,47)/t38?,39-/m0/s1. The van der Waals surface area contributed by atoms with Crippen molar-refractivity contribution in [1.29, 1.82) is 0 Å². The highest BCUT2D eigenvalue weighted by Gasteiger charge is 2.20. The zero-order valence-electron chi connectivity index (χ0n) is 33.9. The van der Waals surface area contributed by atoms with Crippen molar-refractivity contribution < 1.29 is 28.6 Å². The number of nitrogens with one attached hydrogen (secondary N) is 2. The van der Waals surface area contributed by atoms with Gasteiger partial charge in [-0.05, 0) is 33.1 Å². The molecule has 4 N–H and O–H groups in total. The van der Waals surface area contributed by atoms with Crippen LogP contribution in [0.15, 0.2) is 0 Å². The number of amides is 3. The van der Waals surface area contributed by atoms with E-state index in [2.05, 4.69) is 24.5 Å². The van der Waals surface area contributed by atoms with Gasteiger partial charge in [0.1, 0.15) is 6.04 Å². The third-order valence-electron chi connectivity index (χ3n) is 9.44. The predicted molar refractivity (Wildman–Crippen MR) is 212 cm³/mol. The highest BCUT2D eigenvalue weighted by atomic mass is 16.5. The normalized spacial score (nSPS) is 12.6. The molecule has 9 nitrogen and oxygen atoms in total. The molecule has 9 heteroatoms. The monoisotopic (exact) mass is 726 g/mol. The summed E-state index contributed by atoms with van der Waals surface area (Å²) in [7, 11) is 0. The second-order valence-electron chi connectivity index (χ2n) is 14.9. The van der Waals surface area contributed by atoms with Gasteiger partial charge < -0.3 is 30.6 Å². The highest BCUT2D eigenvalue weighted by molar-refractivity contribution is 5.87. The van der Waals surface area contributed by atoms with Gasteiger partial charge in [0.15, 0.2) is 0 Å². The molecule has 0 saturated heterocycles. The van der Waals surface area contributed by atoms with Gasteiger partial charge in [0.2, 0.25) is 17.7 Å². The molecule has 3 amide bonds. The van der Waals surface area contributed by atoms with E-state index in [4.69, 9.17) is 19.9 Å². The van der Waals surface area contributed by atoms with Crippen LogP contribution in [0, 0.1) is 0 Å². The van der Waals surface area contributed by atoms with Crippen molar-refractivity contribution in [2.75, 3.05) is 33.0 Å². The van der Waals surface area contributed by atoms with Crippen LogP contribution >= 0.6 is 0 Å². The lowest BCUT2D eigenvalue weighted by molar-refractivity contribution is -0.129. The minimum Gasteiger partial charge on any atom is -0.379 e. The maximum Gasteiger partial charge on any atom is 0.240 e. The lowest BCUT2D eigenvalue weighted by atomic mass is 10.1. The van der Waals surface area contributed by atoms with E-state index in [1.54, 1.807) is 0 Å². The molecule has 0 rings (SSSR count). The van der Waals surface area contributed by atoms with E-state index in [0.29, 0.717) is 26.4 Å². The first-order valence-electron chi connectivity index (χ1n) is 21.5. The first-order valence-corrected chi connectivity index (χ1v) is 21.5. The summed E-state index contributed by atoms with van der Waals surface area (Å²) in [6, 6.07) is -0.904. The van der Waals surface area contributed by atoms with Crippen LogP contribution in [0.1, 0.15) is 201 Å². The van der Waals surface area contributed by atoms with Gasteiger partial charge in [0, 0.05) is 32.6 Å². The molecule has 0 aliphatic heterocycles. The van der Waals surface area contributed by atoms with E-state index in [0.717, 1.165) is 19.3 Å². The first kappa shape index (κ1) is 49.3. The molecule has 0 aliphatic rings. The molecule has 51 heavy (non-hydrogen) atoms. The summed E-state index contributed by atoms with van der Waals surface area (Å²) >= 11 is 0. The van der Waals surface area contributed by atoms with Crippen LogP contribution in [-0.2, 0) is 28.6 Å². The Morgan fingerprint density at radius 2 is 1.00 bits per heavy atom. The lowest BCUT2D eigenvalue weighted by Crippen LogP contribution is -2.45. The van der Waals surface area contributed by atoms with Crippen molar-refractivity contribution in [3.63, 3.8) is 0 Å². The largest absolute Gasteiger partial charge is 0.379 e. The minimum absolute atomic E-state index is 0.0190. The number of carbonyl (C=O) groups excluding carboxylic acids is 3. The first-order chi connectivity index (χ1) is 24.8. The Morgan fingerprint density at radius 1 is 0.549 bits per heavy atom. The number of primary amides is 1. The molecule has 1 unspecified atom stereocenters. The molecular weight excluding hydrogens is 642 g/mol. The van der Waals surface area contributed by atoms with E-state index in [9.17, 15) is 14.4 Å². The van der Waals surface area contributed by atoms with Gasteiger partial charge in [-0.2, -0.15) is 0 Å². The summed E-state index contributed by atoms with van der Waals surface area (Å²) in [5.74, 6) is -1.19. The van der Waals surface area contributed by atoms with Crippen molar-refractivity contribution in [2.45, 2.75) is 219 Å². The number of carbonyl (C=O) groups is 3. The van der Waals surface area contributed by atoms with Crippen molar-refractivity contribution in [1.82, 2.24) is 10.6 Å². The fourth-order valence-corrected chi connectivity index (χ4v) is 6.15. The number of hydrogen-bond donors (Lipinski definition) is 3. The van der Waals surface area contributed by atoms with Crippen LogP contribution in [0.4, 0.5) is 0 Å². The van der Waals surface area contributed by atoms with Crippen molar-refractivity contribution in [3.05, 3.63) is 0 Å². The van der Waals surface area contributed by atoms with Crippen molar-refractivity contribution >= 4 is 17.7 Å². The van der Waals surface area contributed by atoms with Crippen molar-refractivity contribution in [2.24, 2.45) is 5.73 Å². The third-order valence-corrected chi connectivity index (χ3v) is 9.44. The SMILES string of the molecule is CCCCCCCCCCCCCCOCC(CNC(=O)CC[C@H](NC(=O)CCOC(C)C)C(N)=O)OCCCCCCCCCCCCCC. The Morgan fingerprint density at radius 3 is 1.45 bits per heavy atom. The van der Waals surface area contributed by atoms with E-state index in [1.807, 2.05) is 13.8 Å². The van der Waals surface area contributed by atoms with Crippen LogP contribution in [0.25, 0.3) is 0 Å². The van der Waals surface area contributed by atoms with Gasteiger partial charge >= 0.3 is 0 Å². The number of hydrogen-bond acceptors (Lipinski definition) is 6. The molecule has 0 aromatic rings. The molecule has 2 atom stereocenters. The van der Waals surface area contributed by atoms with Gasteiger partial charge in [-0.3, -0.25) is 14.4 Å². The van der Waals surface area contributed by atoms with Gasteiger partial charge in [-0.1, -0.05) is 155 Å². The summed E-state index contributed by atoms with van der Waals surface area (Å²) in [5.41, 5.74) is 5.50. The molecule has 0 aromatic carbocycles. The number of nitrogens with two attached hydrogens (primary N) is 1. The number of rotatable bonds is 40. The van der Waals surface area contributed by atoms with E-state index in [1.165, 1.54) is 135 Å². The fraction of sp³-hybridized carbons (Fsp3) is 0.929. The molecule has 302 valence electrons.